The number of hydrogen-bond donors (Lipinski definition) is 3. The molecule has 0 aliphatic rings. The summed E-state index contributed by atoms with van der Waals surface area (Å²) in [5.41, 5.74) is 0. The molecule has 13 heavy (non-hydrogen) atoms. The zero-order valence-corrected chi connectivity index (χ0v) is 7.28. The Morgan fingerprint density at radius 1 is 1.77 bits per heavy atom. The van der Waals surface area contributed by atoms with Gasteiger partial charge in [-0.25, -0.2) is 4.79 Å². The number of urea groups is 1. The van der Waals surface area contributed by atoms with Crippen LogP contribution in [0.5, 0.6) is 0 Å². The summed E-state index contributed by atoms with van der Waals surface area (Å²) in [7, 11) is 1.51. The predicted octanol–water partition coefficient (Wildman–Crippen LogP) is 0.242. The third kappa shape index (κ3) is 2.48. The van der Waals surface area contributed by atoms with Crippen molar-refractivity contribution in [3.63, 3.8) is 0 Å². The highest BCUT2D eigenvalue weighted by molar-refractivity contribution is 5.73. The molecular weight excluding hydrogens is 172 g/mol. The van der Waals surface area contributed by atoms with Crippen LogP contribution in [0.25, 0.3) is 0 Å². The summed E-state index contributed by atoms with van der Waals surface area (Å²) in [6.07, 6.45) is 1.49. The van der Waals surface area contributed by atoms with Crippen molar-refractivity contribution in [1.29, 1.82) is 0 Å². The van der Waals surface area contributed by atoms with Gasteiger partial charge >= 0.3 is 6.03 Å². The summed E-state index contributed by atoms with van der Waals surface area (Å²) in [5, 5.41) is 13.9. The van der Waals surface area contributed by atoms with Crippen LogP contribution in [0.1, 0.15) is 11.8 Å². The van der Waals surface area contributed by atoms with Crippen molar-refractivity contribution in [2.24, 2.45) is 0 Å². The molecule has 3 N–H and O–H groups in total. The number of hydrogen-bond acceptors (Lipinski definition) is 3. The zero-order chi connectivity index (χ0) is 9.68. The molecule has 5 nitrogen and oxygen atoms in total. The van der Waals surface area contributed by atoms with Crippen LogP contribution in [-0.4, -0.2) is 24.8 Å². The second kappa shape index (κ2) is 4.51. The molecule has 0 spiro atoms. The van der Waals surface area contributed by atoms with Crippen LogP contribution in [0.15, 0.2) is 22.8 Å². The van der Waals surface area contributed by atoms with Crippen LogP contribution < -0.4 is 10.6 Å². The van der Waals surface area contributed by atoms with Gasteiger partial charge in [0.25, 0.3) is 0 Å². The highest BCUT2D eigenvalue weighted by Crippen LogP contribution is 2.11. The molecule has 0 aliphatic heterocycles. The van der Waals surface area contributed by atoms with Crippen LogP contribution in [-0.2, 0) is 0 Å². The molecule has 0 radical (unpaired) electrons. The molecule has 0 fully saturated rings. The fraction of sp³-hybridized carbons (Fsp3) is 0.375. The fourth-order valence-corrected chi connectivity index (χ4v) is 0.927. The minimum atomic E-state index is -0.491. The summed E-state index contributed by atoms with van der Waals surface area (Å²) in [5.74, 6) is 0.533. The fourth-order valence-electron chi connectivity index (χ4n) is 0.927. The molecule has 1 aromatic rings. The molecule has 72 valence electrons. The number of amides is 2. The lowest BCUT2D eigenvalue weighted by Gasteiger charge is -2.12. The summed E-state index contributed by atoms with van der Waals surface area (Å²) < 4.78 is 5.03. The highest BCUT2D eigenvalue weighted by Gasteiger charge is 2.14. The van der Waals surface area contributed by atoms with Gasteiger partial charge in [-0.15, -0.1) is 0 Å². The van der Waals surface area contributed by atoms with Crippen molar-refractivity contribution >= 4 is 6.03 Å². The van der Waals surface area contributed by atoms with Gasteiger partial charge in [0.15, 0.2) is 0 Å². The first-order chi connectivity index (χ1) is 6.27. The first-order valence-corrected chi connectivity index (χ1v) is 3.90. The molecular formula is C8H12N2O3. The molecule has 1 rings (SSSR count). The number of aliphatic hydroxyl groups is 1. The van der Waals surface area contributed by atoms with E-state index in [1.807, 2.05) is 0 Å². The van der Waals surface area contributed by atoms with E-state index in [-0.39, 0.29) is 12.6 Å². The van der Waals surface area contributed by atoms with Crippen molar-refractivity contribution in [3.05, 3.63) is 24.2 Å². The standard InChI is InChI=1S/C8H12N2O3/c1-9-8(12)10-6(5-11)7-3-2-4-13-7/h2-4,6,11H,5H2,1H3,(H2,9,10,12). The van der Waals surface area contributed by atoms with Crippen LogP contribution >= 0.6 is 0 Å². The smallest absolute Gasteiger partial charge is 0.315 e. The monoisotopic (exact) mass is 184 g/mol. The van der Waals surface area contributed by atoms with Gasteiger partial charge in [-0.2, -0.15) is 0 Å². The van der Waals surface area contributed by atoms with E-state index in [1.54, 1.807) is 12.1 Å². The van der Waals surface area contributed by atoms with Gasteiger partial charge in [0.2, 0.25) is 0 Å². The molecule has 0 aromatic carbocycles. The Bertz CT molecular complexity index is 258. The second-order valence-electron chi connectivity index (χ2n) is 2.47. The minimum absolute atomic E-state index is 0.194. The first-order valence-electron chi connectivity index (χ1n) is 3.90. The largest absolute Gasteiger partial charge is 0.467 e. The van der Waals surface area contributed by atoms with Gasteiger partial charge in [0, 0.05) is 7.05 Å². The van der Waals surface area contributed by atoms with Crippen LogP contribution in [0.2, 0.25) is 0 Å². The molecule has 1 unspecified atom stereocenters. The Kier molecular flexibility index (Phi) is 3.33. The summed E-state index contributed by atoms with van der Waals surface area (Å²) in [6, 6.07) is 2.55. The lowest BCUT2D eigenvalue weighted by atomic mass is 10.2. The lowest BCUT2D eigenvalue weighted by molar-refractivity contribution is 0.209. The first kappa shape index (κ1) is 9.60. The molecule has 0 aliphatic carbocycles. The van der Waals surface area contributed by atoms with Gasteiger partial charge in [0.1, 0.15) is 11.8 Å². The normalized spacial score (nSPS) is 12.2. The number of nitrogens with one attached hydrogen (secondary N) is 2. The molecule has 5 heteroatoms. The van der Waals surface area contributed by atoms with Crippen molar-refractivity contribution in [3.8, 4) is 0 Å². The SMILES string of the molecule is CNC(=O)NC(CO)c1ccco1. The van der Waals surface area contributed by atoms with Crippen LogP contribution in [0.4, 0.5) is 4.79 Å². The Hall–Kier alpha value is -1.49. The Morgan fingerprint density at radius 3 is 3.00 bits per heavy atom. The molecule has 1 atom stereocenters. The Balaban J connectivity index is 2.58. The van der Waals surface area contributed by atoms with Crippen molar-refractivity contribution in [1.82, 2.24) is 10.6 Å². The van der Waals surface area contributed by atoms with Gasteiger partial charge in [-0.3, -0.25) is 0 Å². The minimum Gasteiger partial charge on any atom is -0.467 e. The average Bonchev–Trinajstić information content (AvgIpc) is 2.66. The maximum atomic E-state index is 10.9. The van der Waals surface area contributed by atoms with E-state index in [0.717, 1.165) is 0 Å². The maximum absolute atomic E-state index is 10.9. The second-order valence-corrected chi connectivity index (χ2v) is 2.47. The highest BCUT2D eigenvalue weighted by atomic mass is 16.3. The molecule has 1 aromatic heterocycles. The molecule has 0 bridgehead atoms. The van der Waals surface area contributed by atoms with E-state index in [4.69, 9.17) is 9.52 Å². The van der Waals surface area contributed by atoms with E-state index >= 15 is 0 Å². The molecule has 1 heterocycles. The Morgan fingerprint density at radius 2 is 2.54 bits per heavy atom. The summed E-state index contributed by atoms with van der Waals surface area (Å²) >= 11 is 0. The molecule has 0 saturated carbocycles. The van der Waals surface area contributed by atoms with Gasteiger partial charge in [0.05, 0.1) is 12.9 Å². The maximum Gasteiger partial charge on any atom is 0.315 e. The van der Waals surface area contributed by atoms with Crippen molar-refractivity contribution < 1.29 is 14.3 Å². The number of carbonyl (C=O) groups excluding carboxylic acids is 1. The van der Waals surface area contributed by atoms with E-state index in [0.29, 0.717) is 5.76 Å². The number of aliphatic hydroxyl groups excluding tert-OH is 1. The van der Waals surface area contributed by atoms with E-state index in [2.05, 4.69) is 10.6 Å². The van der Waals surface area contributed by atoms with E-state index < -0.39 is 6.04 Å². The lowest BCUT2D eigenvalue weighted by Crippen LogP contribution is -2.37. The third-order valence-corrected chi connectivity index (χ3v) is 1.60. The van der Waals surface area contributed by atoms with Crippen molar-refractivity contribution in [2.75, 3.05) is 13.7 Å². The van der Waals surface area contributed by atoms with Gasteiger partial charge < -0.3 is 20.2 Å². The van der Waals surface area contributed by atoms with Gasteiger partial charge in [-0.1, -0.05) is 0 Å². The van der Waals surface area contributed by atoms with E-state index in [9.17, 15) is 4.79 Å². The zero-order valence-electron chi connectivity index (χ0n) is 7.28. The molecule has 2 amide bonds. The third-order valence-electron chi connectivity index (χ3n) is 1.60. The van der Waals surface area contributed by atoms with Crippen LogP contribution in [0, 0.1) is 0 Å². The summed E-state index contributed by atoms with van der Waals surface area (Å²) in [6.45, 7) is -0.194. The number of furan rings is 1. The van der Waals surface area contributed by atoms with E-state index in [1.165, 1.54) is 13.3 Å². The quantitative estimate of drug-likeness (QED) is 0.630. The number of carbonyl (C=O) groups is 1. The number of rotatable bonds is 3. The Labute approximate surface area is 75.7 Å². The van der Waals surface area contributed by atoms with Crippen LogP contribution in [0.3, 0.4) is 0 Å². The average molecular weight is 184 g/mol. The predicted molar refractivity (Wildman–Crippen MR) is 46.1 cm³/mol. The van der Waals surface area contributed by atoms with Crippen molar-refractivity contribution in [2.45, 2.75) is 6.04 Å². The summed E-state index contributed by atoms with van der Waals surface area (Å²) in [4.78, 5) is 10.9. The molecule has 0 saturated heterocycles. The topological polar surface area (TPSA) is 74.5 Å². The van der Waals surface area contributed by atoms with Gasteiger partial charge in [-0.05, 0) is 12.1 Å².